The molecule has 2 amide bonds. The summed E-state index contributed by atoms with van der Waals surface area (Å²) in [7, 11) is 0. The third-order valence-electron chi connectivity index (χ3n) is 5.90. The first-order chi connectivity index (χ1) is 17.4. The van der Waals surface area contributed by atoms with E-state index in [1.54, 1.807) is 4.90 Å². The highest BCUT2D eigenvalue weighted by Crippen LogP contribution is 2.20. The van der Waals surface area contributed by atoms with Gasteiger partial charge in [-0.1, -0.05) is 77.8 Å². The van der Waals surface area contributed by atoms with Crippen LogP contribution in [-0.2, 0) is 22.6 Å². The summed E-state index contributed by atoms with van der Waals surface area (Å²) < 4.78 is 6.84. The summed E-state index contributed by atoms with van der Waals surface area (Å²) in [5.74, 6) is 0.262. The molecule has 3 rings (SSSR count). The fourth-order valence-corrected chi connectivity index (χ4v) is 4.58. The second kappa shape index (κ2) is 13.8. The molecule has 3 aromatic rings. The minimum Gasteiger partial charge on any atom is -0.484 e. The third kappa shape index (κ3) is 8.52. The summed E-state index contributed by atoms with van der Waals surface area (Å²) in [4.78, 5) is 28.7. The normalized spacial score (nSPS) is 11.6. The maximum Gasteiger partial charge on any atom is 0.261 e. The molecule has 190 valence electrons. The number of unbranched alkanes of at least 4 members (excludes halogenated alkanes) is 1. The standard InChI is InChI=1S/C30H35BrN2O3/c1-4-5-14-32-30(35)28(19-24-10-7-6-8-11-24)33(20-25-12-9-13-26(31)18-25)29(34)21-36-27-16-22(2)15-23(3)17-27/h6-13,15-18,28H,4-5,14,19-21H2,1-3H3,(H,32,35). The molecule has 1 N–H and O–H groups in total. The summed E-state index contributed by atoms with van der Waals surface area (Å²) in [6.07, 6.45) is 2.29. The van der Waals surface area contributed by atoms with E-state index < -0.39 is 6.04 Å². The van der Waals surface area contributed by atoms with E-state index in [-0.39, 0.29) is 18.4 Å². The van der Waals surface area contributed by atoms with Crippen LogP contribution in [0.25, 0.3) is 0 Å². The van der Waals surface area contributed by atoms with Crippen molar-refractivity contribution >= 4 is 27.7 Å². The Hall–Kier alpha value is -3.12. The van der Waals surface area contributed by atoms with Crippen molar-refractivity contribution < 1.29 is 14.3 Å². The Bertz CT molecular complexity index is 1130. The molecule has 0 aliphatic heterocycles. The topological polar surface area (TPSA) is 58.6 Å². The molecule has 0 aliphatic carbocycles. The van der Waals surface area contributed by atoms with Gasteiger partial charge in [0.25, 0.3) is 5.91 Å². The van der Waals surface area contributed by atoms with Crippen LogP contribution in [0.5, 0.6) is 5.75 Å². The SMILES string of the molecule is CCCCNC(=O)C(Cc1ccccc1)N(Cc1cccc(Br)c1)C(=O)COc1cc(C)cc(C)c1. The largest absolute Gasteiger partial charge is 0.484 e. The Labute approximate surface area is 223 Å². The van der Waals surface area contributed by atoms with Gasteiger partial charge in [-0.25, -0.2) is 0 Å². The van der Waals surface area contributed by atoms with Gasteiger partial charge in [0.2, 0.25) is 5.91 Å². The minimum atomic E-state index is -0.668. The zero-order valence-corrected chi connectivity index (χ0v) is 22.9. The molecule has 0 bridgehead atoms. The van der Waals surface area contributed by atoms with Gasteiger partial charge in [0.15, 0.2) is 6.61 Å². The van der Waals surface area contributed by atoms with Gasteiger partial charge in [0, 0.05) is 24.0 Å². The van der Waals surface area contributed by atoms with Crippen LogP contribution in [0.4, 0.5) is 0 Å². The number of nitrogens with zero attached hydrogens (tertiary/aromatic N) is 1. The van der Waals surface area contributed by atoms with E-state index in [4.69, 9.17) is 4.74 Å². The molecule has 1 atom stereocenters. The van der Waals surface area contributed by atoms with E-state index >= 15 is 0 Å². The lowest BCUT2D eigenvalue weighted by Gasteiger charge is -2.31. The van der Waals surface area contributed by atoms with Crippen molar-refractivity contribution in [2.45, 2.75) is 52.6 Å². The molecule has 36 heavy (non-hydrogen) atoms. The summed E-state index contributed by atoms with van der Waals surface area (Å²) in [6, 6.07) is 22.8. The highest BCUT2D eigenvalue weighted by Gasteiger charge is 2.30. The molecule has 0 saturated heterocycles. The van der Waals surface area contributed by atoms with Crippen LogP contribution in [-0.4, -0.2) is 35.9 Å². The molecule has 0 heterocycles. The second-order valence-electron chi connectivity index (χ2n) is 9.11. The highest BCUT2D eigenvalue weighted by atomic mass is 79.9. The first-order valence-corrected chi connectivity index (χ1v) is 13.2. The number of nitrogens with one attached hydrogen (secondary N) is 1. The Morgan fingerprint density at radius 3 is 2.31 bits per heavy atom. The number of halogens is 1. The summed E-state index contributed by atoms with van der Waals surface area (Å²) in [5, 5.41) is 3.04. The van der Waals surface area contributed by atoms with Gasteiger partial charge >= 0.3 is 0 Å². The molecule has 3 aromatic carbocycles. The van der Waals surface area contributed by atoms with Crippen molar-refractivity contribution in [3.05, 3.63) is 99.5 Å². The van der Waals surface area contributed by atoms with E-state index in [1.807, 2.05) is 80.6 Å². The van der Waals surface area contributed by atoms with Crippen LogP contribution in [0.2, 0.25) is 0 Å². The number of hydrogen-bond donors (Lipinski definition) is 1. The number of ether oxygens (including phenoxy) is 1. The number of carbonyl (C=O) groups excluding carboxylic acids is 2. The first kappa shape index (κ1) is 27.5. The number of benzene rings is 3. The zero-order chi connectivity index (χ0) is 25.9. The Kier molecular flexibility index (Phi) is 10.6. The van der Waals surface area contributed by atoms with Crippen molar-refractivity contribution in [2.75, 3.05) is 13.2 Å². The Balaban J connectivity index is 1.89. The molecule has 0 aromatic heterocycles. The lowest BCUT2D eigenvalue weighted by Crippen LogP contribution is -2.51. The van der Waals surface area contributed by atoms with Crippen LogP contribution in [0, 0.1) is 13.8 Å². The van der Waals surface area contributed by atoms with E-state index in [1.165, 1.54) is 0 Å². The molecule has 0 aliphatic rings. The highest BCUT2D eigenvalue weighted by molar-refractivity contribution is 9.10. The first-order valence-electron chi connectivity index (χ1n) is 12.4. The predicted octanol–water partition coefficient (Wildman–Crippen LogP) is 6.00. The minimum absolute atomic E-state index is 0.148. The Morgan fingerprint density at radius 2 is 1.64 bits per heavy atom. The number of amides is 2. The van der Waals surface area contributed by atoms with Crippen molar-refractivity contribution in [1.29, 1.82) is 0 Å². The van der Waals surface area contributed by atoms with Gasteiger partial charge in [0.05, 0.1) is 0 Å². The van der Waals surface area contributed by atoms with Crippen molar-refractivity contribution in [2.24, 2.45) is 0 Å². The van der Waals surface area contributed by atoms with Crippen LogP contribution in [0.3, 0.4) is 0 Å². The summed E-state index contributed by atoms with van der Waals surface area (Å²) in [6.45, 7) is 6.81. The van der Waals surface area contributed by atoms with Crippen LogP contribution in [0.15, 0.2) is 77.3 Å². The van der Waals surface area contributed by atoms with Gasteiger partial charge in [-0.15, -0.1) is 0 Å². The van der Waals surface area contributed by atoms with Crippen molar-refractivity contribution in [3.63, 3.8) is 0 Å². The summed E-state index contributed by atoms with van der Waals surface area (Å²) >= 11 is 3.52. The maximum atomic E-state index is 13.7. The molecule has 0 fully saturated rings. The van der Waals surface area contributed by atoms with Gasteiger partial charge in [0.1, 0.15) is 11.8 Å². The molecule has 1 unspecified atom stereocenters. The predicted molar refractivity (Wildman–Crippen MR) is 148 cm³/mol. The average molecular weight is 552 g/mol. The lowest BCUT2D eigenvalue weighted by molar-refractivity contribution is -0.142. The van der Waals surface area contributed by atoms with E-state index in [9.17, 15) is 9.59 Å². The molecule has 0 saturated carbocycles. The maximum absolute atomic E-state index is 13.7. The summed E-state index contributed by atoms with van der Waals surface area (Å²) in [5.41, 5.74) is 4.07. The number of rotatable bonds is 12. The van der Waals surface area contributed by atoms with E-state index in [0.717, 1.165) is 39.6 Å². The monoisotopic (exact) mass is 550 g/mol. The molecule has 5 nitrogen and oxygen atoms in total. The number of carbonyl (C=O) groups is 2. The third-order valence-corrected chi connectivity index (χ3v) is 6.39. The van der Waals surface area contributed by atoms with E-state index in [2.05, 4.69) is 34.2 Å². The van der Waals surface area contributed by atoms with E-state index in [0.29, 0.717) is 25.3 Å². The van der Waals surface area contributed by atoms with Crippen LogP contribution >= 0.6 is 15.9 Å². The molecule has 6 heteroatoms. The average Bonchev–Trinajstić information content (AvgIpc) is 2.85. The van der Waals surface area contributed by atoms with Crippen LogP contribution < -0.4 is 10.1 Å². The van der Waals surface area contributed by atoms with Crippen molar-refractivity contribution in [3.8, 4) is 5.75 Å². The fourth-order valence-electron chi connectivity index (χ4n) is 4.14. The fraction of sp³-hybridized carbons (Fsp3) is 0.333. The second-order valence-corrected chi connectivity index (χ2v) is 10.0. The molecule has 0 spiro atoms. The Morgan fingerprint density at radius 1 is 0.944 bits per heavy atom. The smallest absolute Gasteiger partial charge is 0.261 e. The number of hydrogen-bond acceptors (Lipinski definition) is 3. The lowest BCUT2D eigenvalue weighted by atomic mass is 10.0. The molecular formula is C30H35BrN2O3. The quantitative estimate of drug-likeness (QED) is 0.281. The van der Waals surface area contributed by atoms with Gasteiger partial charge in [-0.05, 0) is 66.8 Å². The molecule has 0 radical (unpaired) electrons. The number of aryl methyl sites for hydroxylation is 2. The van der Waals surface area contributed by atoms with Gasteiger partial charge in [-0.2, -0.15) is 0 Å². The van der Waals surface area contributed by atoms with Crippen molar-refractivity contribution in [1.82, 2.24) is 10.2 Å². The zero-order valence-electron chi connectivity index (χ0n) is 21.3. The van der Waals surface area contributed by atoms with Gasteiger partial charge in [-0.3, -0.25) is 9.59 Å². The van der Waals surface area contributed by atoms with Crippen LogP contribution in [0.1, 0.15) is 42.0 Å². The molecular weight excluding hydrogens is 516 g/mol. The van der Waals surface area contributed by atoms with Gasteiger partial charge < -0.3 is 15.0 Å².